The van der Waals surface area contributed by atoms with Crippen LogP contribution in [0.3, 0.4) is 0 Å². The van der Waals surface area contributed by atoms with E-state index in [4.69, 9.17) is 18.9 Å². The van der Waals surface area contributed by atoms with Gasteiger partial charge in [-0.1, -0.05) is 13.3 Å². The van der Waals surface area contributed by atoms with Crippen LogP contribution in [-0.4, -0.2) is 66.1 Å². The molecule has 0 bridgehead atoms. The van der Waals surface area contributed by atoms with E-state index in [-0.39, 0.29) is 6.61 Å². The van der Waals surface area contributed by atoms with Crippen molar-refractivity contribution in [3.63, 3.8) is 0 Å². The largest absolute Gasteiger partial charge is 0.463 e. The van der Waals surface area contributed by atoms with Gasteiger partial charge in [0.25, 0.3) is 0 Å². The number of esters is 2. The summed E-state index contributed by atoms with van der Waals surface area (Å²) in [6.07, 6.45) is -4.14. The molecule has 128 valence electrons. The minimum Gasteiger partial charge on any atom is -0.463 e. The van der Waals surface area contributed by atoms with Gasteiger partial charge in [0.05, 0.1) is 0 Å². The van der Waals surface area contributed by atoms with Crippen molar-refractivity contribution in [3.8, 4) is 0 Å². The summed E-state index contributed by atoms with van der Waals surface area (Å²) in [5.74, 6) is -1.16. The molecule has 8 nitrogen and oxygen atoms in total. The van der Waals surface area contributed by atoms with Crippen LogP contribution < -0.4 is 0 Å². The number of hydrogen-bond acceptors (Lipinski definition) is 8. The van der Waals surface area contributed by atoms with Crippen LogP contribution in [0.5, 0.6) is 0 Å². The summed E-state index contributed by atoms with van der Waals surface area (Å²) in [6.45, 7) is 4.46. The summed E-state index contributed by atoms with van der Waals surface area (Å²) in [5, 5.41) is 20.3. The number of carbonyl (C=O) groups excluding carboxylic acids is 2. The average Bonchev–Trinajstić information content (AvgIpc) is 2.43. The van der Waals surface area contributed by atoms with Gasteiger partial charge >= 0.3 is 11.9 Å². The SMILES string of the molecule is CCCCO[C@@H]1C(O)O[C@@H](COC(C)=O)[C@@H](O)[C@@H]1OC(C)=O. The van der Waals surface area contributed by atoms with Crippen LogP contribution in [-0.2, 0) is 28.5 Å². The highest BCUT2D eigenvalue weighted by Gasteiger charge is 2.47. The quantitative estimate of drug-likeness (QED) is 0.488. The van der Waals surface area contributed by atoms with Crippen molar-refractivity contribution in [2.24, 2.45) is 0 Å². The van der Waals surface area contributed by atoms with E-state index in [2.05, 4.69) is 0 Å². The second-order valence-corrected chi connectivity index (χ2v) is 5.12. The Morgan fingerprint density at radius 2 is 1.82 bits per heavy atom. The van der Waals surface area contributed by atoms with Gasteiger partial charge in [-0.15, -0.1) is 0 Å². The van der Waals surface area contributed by atoms with E-state index in [1.54, 1.807) is 0 Å². The van der Waals surface area contributed by atoms with Crippen LogP contribution in [0.4, 0.5) is 0 Å². The topological polar surface area (TPSA) is 112 Å². The van der Waals surface area contributed by atoms with Crippen LogP contribution >= 0.6 is 0 Å². The lowest BCUT2D eigenvalue weighted by Crippen LogP contribution is -2.60. The molecule has 0 aromatic rings. The van der Waals surface area contributed by atoms with Crippen molar-refractivity contribution in [2.45, 2.75) is 64.3 Å². The number of ether oxygens (including phenoxy) is 4. The standard InChI is InChI=1S/C14H24O8/c1-4-5-6-19-13-12(21-9(3)16)11(17)10(22-14(13)18)7-20-8(2)15/h10-14,17-18H,4-7H2,1-3H3/t10-,11+,12-,13-,14?/m0/s1. The zero-order valence-corrected chi connectivity index (χ0v) is 13.1. The molecule has 1 unspecified atom stereocenters. The first-order valence-corrected chi connectivity index (χ1v) is 7.30. The summed E-state index contributed by atoms with van der Waals surface area (Å²) >= 11 is 0. The van der Waals surface area contributed by atoms with Crippen molar-refractivity contribution in [1.82, 2.24) is 0 Å². The second-order valence-electron chi connectivity index (χ2n) is 5.12. The fraction of sp³-hybridized carbons (Fsp3) is 0.857. The van der Waals surface area contributed by atoms with Gasteiger partial charge in [-0.2, -0.15) is 0 Å². The molecular weight excluding hydrogens is 296 g/mol. The highest BCUT2D eigenvalue weighted by Crippen LogP contribution is 2.25. The molecule has 5 atom stereocenters. The molecule has 1 saturated heterocycles. The van der Waals surface area contributed by atoms with Crippen LogP contribution in [0.25, 0.3) is 0 Å². The molecule has 1 heterocycles. The minimum atomic E-state index is -1.40. The molecule has 0 spiro atoms. The number of rotatable bonds is 7. The molecule has 1 fully saturated rings. The maximum absolute atomic E-state index is 11.2. The van der Waals surface area contributed by atoms with Gasteiger partial charge in [0.2, 0.25) is 0 Å². The maximum atomic E-state index is 11.2. The molecule has 0 saturated carbocycles. The molecule has 0 radical (unpaired) electrons. The molecule has 22 heavy (non-hydrogen) atoms. The van der Waals surface area contributed by atoms with Gasteiger partial charge in [0.15, 0.2) is 12.4 Å². The monoisotopic (exact) mass is 320 g/mol. The summed E-state index contributed by atoms with van der Waals surface area (Å²) in [5.41, 5.74) is 0. The smallest absolute Gasteiger partial charge is 0.303 e. The van der Waals surface area contributed by atoms with Crippen LogP contribution in [0.1, 0.15) is 33.6 Å². The Labute approximate surface area is 129 Å². The van der Waals surface area contributed by atoms with E-state index in [1.165, 1.54) is 13.8 Å². The maximum Gasteiger partial charge on any atom is 0.303 e. The highest BCUT2D eigenvalue weighted by atomic mass is 16.7. The summed E-state index contributed by atoms with van der Waals surface area (Å²) < 4.78 is 20.5. The highest BCUT2D eigenvalue weighted by molar-refractivity contribution is 5.66. The predicted octanol–water partition coefficient (Wildman–Crippen LogP) is -0.255. The molecule has 8 heteroatoms. The Morgan fingerprint density at radius 3 is 2.36 bits per heavy atom. The first-order valence-electron chi connectivity index (χ1n) is 7.30. The van der Waals surface area contributed by atoms with Gasteiger partial charge in [0, 0.05) is 20.5 Å². The Morgan fingerprint density at radius 1 is 1.14 bits per heavy atom. The third-order valence-corrected chi connectivity index (χ3v) is 3.20. The average molecular weight is 320 g/mol. The number of unbranched alkanes of at least 4 members (excludes halogenated alkanes) is 1. The third kappa shape index (κ3) is 5.53. The van der Waals surface area contributed by atoms with Gasteiger partial charge in [-0.25, -0.2) is 0 Å². The van der Waals surface area contributed by atoms with Crippen molar-refractivity contribution in [1.29, 1.82) is 0 Å². The van der Waals surface area contributed by atoms with Gasteiger partial charge in [0.1, 0.15) is 24.9 Å². The van der Waals surface area contributed by atoms with E-state index >= 15 is 0 Å². The Hall–Kier alpha value is -1.22. The van der Waals surface area contributed by atoms with E-state index in [1.807, 2.05) is 6.92 Å². The molecule has 0 aromatic carbocycles. The summed E-state index contributed by atoms with van der Waals surface area (Å²) in [4.78, 5) is 22.1. The lowest BCUT2D eigenvalue weighted by molar-refractivity contribution is -0.299. The second kappa shape index (κ2) is 9.04. The molecule has 1 aliphatic rings. The number of hydrogen-bond donors (Lipinski definition) is 2. The molecule has 1 rings (SSSR count). The van der Waals surface area contributed by atoms with Crippen molar-refractivity contribution in [3.05, 3.63) is 0 Å². The van der Waals surface area contributed by atoms with E-state index in [0.717, 1.165) is 12.8 Å². The van der Waals surface area contributed by atoms with E-state index in [0.29, 0.717) is 6.61 Å². The van der Waals surface area contributed by atoms with Crippen LogP contribution in [0.15, 0.2) is 0 Å². The van der Waals surface area contributed by atoms with Crippen molar-refractivity contribution in [2.75, 3.05) is 13.2 Å². The van der Waals surface area contributed by atoms with Crippen molar-refractivity contribution < 1.29 is 38.7 Å². The molecule has 0 amide bonds. The Bertz CT molecular complexity index is 372. The van der Waals surface area contributed by atoms with Gasteiger partial charge in [-0.3, -0.25) is 9.59 Å². The van der Waals surface area contributed by atoms with Gasteiger partial charge in [-0.05, 0) is 6.42 Å². The number of aliphatic hydroxyl groups excluding tert-OH is 2. The van der Waals surface area contributed by atoms with Crippen LogP contribution in [0, 0.1) is 0 Å². The fourth-order valence-corrected chi connectivity index (χ4v) is 2.11. The summed E-state index contributed by atoms with van der Waals surface area (Å²) in [7, 11) is 0. The first kappa shape index (κ1) is 18.8. The number of aliphatic hydroxyl groups is 2. The molecule has 2 N–H and O–H groups in total. The lowest BCUT2D eigenvalue weighted by Gasteiger charge is -2.41. The summed E-state index contributed by atoms with van der Waals surface area (Å²) in [6, 6.07) is 0. The van der Waals surface area contributed by atoms with Gasteiger partial charge < -0.3 is 29.2 Å². The number of carbonyl (C=O) groups is 2. The zero-order chi connectivity index (χ0) is 16.7. The molecular formula is C14H24O8. The Kier molecular flexibility index (Phi) is 7.74. The first-order chi connectivity index (χ1) is 10.4. The van der Waals surface area contributed by atoms with Crippen LogP contribution in [0.2, 0.25) is 0 Å². The fourth-order valence-electron chi connectivity index (χ4n) is 2.11. The Balaban J connectivity index is 2.76. The zero-order valence-electron chi connectivity index (χ0n) is 13.1. The van der Waals surface area contributed by atoms with E-state index < -0.39 is 42.6 Å². The molecule has 0 aliphatic carbocycles. The molecule has 0 aromatic heterocycles. The molecule has 1 aliphatic heterocycles. The predicted molar refractivity (Wildman–Crippen MR) is 73.7 cm³/mol. The minimum absolute atomic E-state index is 0.257. The lowest BCUT2D eigenvalue weighted by atomic mass is 9.98. The van der Waals surface area contributed by atoms with Crippen molar-refractivity contribution >= 4 is 11.9 Å². The normalized spacial score (nSPS) is 31.6. The third-order valence-electron chi connectivity index (χ3n) is 3.20. The van der Waals surface area contributed by atoms with E-state index in [9.17, 15) is 19.8 Å².